The van der Waals surface area contributed by atoms with Crippen LogP contribution >= 0.6 is 24.0 Å². The minimum Gasteiger partial charge on any atom is -0.334 e. The van der Waals surface area contributed by atoms with Gasteiger partial charge in [-0.15, -0.1) is 12.4 Å². The number of nitrogens with one attached hydrogen (secondary N) is 1. The lowest BCUT2D eigenvalue weighted by atomic mass is 10.1. The van der Waals surface area contributed by atoms with Crippen LogP contribution in [0.5, 0.6) is 0 Å². The molecule has 0 aromatic heterocycles. The molecule has 0 bridgehead atoms. The number of rotatable bonds is 4. The summed E-state index contributed by atoms with van der Waals surface area (Å²) in [5.74, 6) is 0.0595. The number of amides is 1. The van der Waals surface area contributed by atoms with Crippen LogP contribution in [-0.4, -0.2) is 36.5 Å². The second kappa shape index (κ2) is 7.87. The second-order valence-electron chi connectivity index (χ2n) is 5.08. The SMILES string of the molecule is CCCN(C(=O)c1cccc(C)c1Cl)C1CCNC1.Cl. The van der Waals surface area contributed by atoms with Gasteiger partial charge in [0.15, 0.2) is 0 Å². The van der Waals surface area contributed by atoms with E-state index in [4.69, 9.17) is 11.6 Å². The van der Waals surface area contributed by atoms with Gasteiger partial charge in [-0.25, -0.2) is 0 Å². The van der Waals surface area contributed by atoms with Gasteiger partial charge in [-0.3, -0.25) is 4.79 Å². The maximum Gasteiger partial charge on any atom is 0.255 e. The Bertz CT molecular complexity index is 459. The largest absolute Gasteiger partial charge is 0.334 e. The minimum atomic E-state index is 0. The van der Waals surface area contributed by atoms with Crippen molar-refractivity contribution in [3.05, 3.63) is 34.3 Å². The second-order valence-corrected chi connectivity index (χ2v) is 5.46. The molecule has 1 N–H and O–H groups in total. The van der Waals surface area contributed by atoms with Crippen LogP contribution in [0.25, 0.3) is 0 Å². The van der Waals surface area contributed by atoms with Crippen molar-refractivity contribution in [3.8, 4) is 0 Å². The van der Waals surface area contributed by atoms with Crippen LogP contribution in [0.1, 0.15) is 35.7 Å². The average Bonchev–Trinajstić information content (AvgIpc) is 2.92. The van der Waals surface area contributed by atoms with Crippen LogP contribution in [0.2, 0.25) is 5.02 Å². The number of hydrogen-bond donors (Lipinski definition) is 1. The molecule has 3 nitrogen and oxygen atoms in total. The van der Waals surface area contributed by atoms with Crippen LogP contribution in [0.15, 0.2) is 18.2 Å². The summed E-state index contributed by atoms with van der Waals surface area (Å²) in [5, 5.41) is 3.90. The summed E-state index contributed by atoms with van der Waals surface area (Å²) in [6, 6.07) is 5.94. The average molecular weight is 317 g/mol. The van der Waals surface area contributed by atoms with Crippen molar-refractivity contribution in [2.75, 3.05) is 19.6 Å². The summed E-state index contributed by atoms with van der Waals surface area (Å²) in [7, 11) is 0. The Morgan fingerprint density at radius 2 is 2.25 bits per heavy atom. The van der Waals surface area contributed by atoms with Gasteiger partial charge >= 0.3 is 0 Å². The molecule has 1 amide bonds. The maximum atomic E-state index is 12.7. The first-order chi connectivity index (χ1) is 9.15. The van der Waals surface area contributed by atoms with Gasteiger partial charge < -0.3 is 10.2 Å². The van der Waals surface area contributed by atoms with Crippen LogP contribution in [-0.2, 0) is 0 Å². The molecule has 112 valence electrons. The van der Waals surface area contributed by atoms with Crippen LogP contribution in [0.4, 0.5) is 0 Å². The van der Waals surface area contributed by atoms with E-state index in [0.717, 1.165) is 38.0 Å². The molecule has 1 saturated heterocycles. The molecule has 0 spiro atoms. The lowest BCUT2D eigenvalue weighted by Gasteiger charge is -2.28. The van der Waals surface area contributed by atoms with E-state index >= 15 is 0 Å². The summed E-state index contributed by atoms with van der Waals surface area (Å²) in [4.78, 5) is 14.7. The number of aryl methyl sites for hydroxylation is 1. The first-order valence-corrected chi connectivity index (χ1v) is 7.29. The Balaban J connectivity index is 0.00000200. The third-order valence-corrected chi connectivity index (χ3v) is 4.12. The van der Waals surface area contributed by atoms with E-state index in [1.165, 1.54) is 0 Å². The number of carbonyl (C=O) groups excluding carboxylic acids is 1. The Morgan fingerprint density at radius 1 is 1.50 bits per heavy atom. The zero-order chi connectivity index (χ0) is 13.8. The lowest BCUT2D eigenvalue weighted by Crippen LogP contribution is -2.42. The van der Waals surface area contributed by atoms with E-state index < -0.39 is 0 Å². The topological polar surface area (TPSA) is 32.3 Å². The maximum absolute atomic E-state index is 12.7. The van der Waals surface area contributed by atoms with Gasteiger partial charge in [0.25, 0.3) is 5.91 Å². The predicted octanol–water partition coefficient (Wildman–Crippen LogP) is 3.28. The molecule has 20 heavy (non-hydrogen) atoms. The highest BCUT2D eigenvalue weighted by Crippen LogP contribution is 2.23. The van der Waals surface area contributed by atoms with Gasteiger partial charge in [0, 0.05) is 19.1 Å². The van der Waals surface area contributed by atoms with Crippen molar-refractivity contribution < 1.29 is 4.79 Å². The number of nitrogens with zero attached hydrogens (tertiary/aromatic N) is 1. The molecule has 1 fully saturated rings. The smallest absolute Gasteiger partial charge is 0.255 e. The summed E-state index contributed by atoms with van der Waals surface area (Å²) in [5.41, 5.74) is 1.58. The summed E-state index contributed by atoms with van der Waals surface area (Å²) in [6.45, 7) is 6.69. The highest BCUT2D eigenvalue weighted by atomic mass is 35.5. The lowest BCUT2D eigenvalue weighted by molar-refractivity contribution is 0.0692. The van der Waals surface area contributed by atoms with E-state index in [1.807, 2.05) is 30.0 Å². The van der Waals surface area contributed by atoms with Crippen molar-refractivity contribution in [1.82, 2.24) is 10.2 Å². The van der Waals surface area contributed by atoms with Gasteiger partial charge in [0.2, 0.25) is 0 Å². The van der Waals surface area contributed by atoms with Gasteiger partial charge in [-0.05, 0) is 37.9 Å². The highest BCUT2D eigenvalue weighted by molar-refractivity contribution is 6.34. The van der Waals surface area contributed by atoms with Gasteiger partial charge in [0.05, 0.1) is 10.6 Å². The Kier molecular flexibility index (Phi) is 6.80. The Hall–Kier alpha value is -0.770. The molecule has 1 unspecified atom stereocenters. The van der Waals surface area contributed by atoms with Crippen LogP contribution in [0.3, 0.4) is 0 Å². The van der Waals surface area contributed by atoms with E-state index in [1.54, 1.807) is 0 Å². The Labute approximate surface area is 132 Å². The quantitative estimate of drug-likeness (QED) is 0.924. The highest BCUT2D eigenvalue weighted by Gasteiger charge is 2.27. The predicted molar refractivity (Wildman–Crippen MR) is 86.0 cm³/mol. The number of halogens is 2. The Morgan fingerprint density at radius 3 is 2.85 bits per heavy atom. The minimum absolute atomic E-state index is 0. The first-order valence-electron chi connectivity index (χ1n) is 6.92. The van der Waals surface area contributed by atoms with Gasteiger partial charge in [-0.2, -0.15) is 0 Å². The molecule has 1 aromatic rings. The van der Waals surface area contributed by atoms with Crippen molar-refractivity contribution in [3.63, 3.8) is 0 Å². The van der Waals surface area contributed by atoms with Crippen molar-refractivity contribution in [2.45, 2.75) is 32.7 Å². The third kappa shape index (κ3) is 3.66. The fraction of sp³-hybridized carbons (Fsp3) is 0.533. The van der Waals surface area contributed by atoms with Crippen LogP contribution < -0.4 is 5.32 Å². The summed E-state index contributed by atoms with van der Waals surface area (Å²) < 4.78 is 0. The molecule has 0 radical (unpaired) electrons. The summed E-state index contributed by atoms with van der Waals surface area (Å²) >= 11 is 6.28. The molecule has 1 aromatic carbocycles. The van der Waals surface area contributed by atoms with E-state index in [2.05, 4.69) is 12.2 Å². The molecular weight excluding hydrogens is 295 g/mol. The fourth-order valence-electron chi connectivity index (χ4n) is 2.56. The molecular formula is C15H22Cl2N2O. The van der Waals surface area contributed by atoms with Crippen molar-refractivity contribution >= 4 is 29.9 Å². The molecule has 1 aliphatic heterocycles. The fourth-order valence-corrected chi connectivity index (χ4v) is 2.77. The zero-order valence-electron chi connectivity index (χ0n) is 12.0. The van der Waals surface area contributed by atoms with Crippen molar-refractivity contribution in [1.29, 1.82) is 0 Å². The number of carbonyl (C=O) groups is 1. The van der Waals surface area contributed by atoms with Crippen LogP contribution in [0, 0.1) is 6.92 Å². The van der Waals surface area contributed by atoms with E-state index in [9.17, 15) is 4.79 Å². The molecule has 2 rings (SSSR count). The third-order valence-electron chi connectivity index (χ3n) is 3.62. The molecule has 5 heteroatoms. The summed E-state index contributed by atoms with van der Waals surface area (Å²) in [6.07, 6.45) is 1.99. The molecule has 1 aliphatic rings. The molecule has 0 aliphatic carbocycles. The van der Waals surface area contributed by atoms with E-state index in [-0.39, 0.29) is 18.3 Å². The zero-order valence-corrected chi connectivity index (χ0v) is 13.6. The molecule has 1 atom stereocenters. The monoisotopic (exact) mass is 316 g/mol. The van der Waals surface area contributed by atoms with Gasteiger partial charge in [0.1, 0.15) is 0 Å². The van der Waals surface area contributed by atoms with Gasteiger partial charge in [-0.1, -0.05) is 30.7 Å². The van der Waals surface area contributed by atoms with Crippen molar-refractivity contribution in [2.24, 2.45) is 0 Å². The van der Waals surface area contributed by atoms with E-state index in [0.29, 0.717) is 16.6 Å². The standard InChI is InChI=1S/C15H21ClN2O.ClH/c1-3-9-18(12-7-8-17-10-12)15(19)13-6-4-5-11(2)14(13)16;/h4-6,12,17H,3,7-10H2,1-2H3;1H. The number of hydrogen-bond acceptors (Lipinski definition) is 2. The normalized spacial score (nSPS) is 17.6. The first kappa shape index (κ1) is 17.3. The molecule has 0 saturated carbocycles. The number of benzene rings is 1. The molecule has 1 heterocycles.